The lowest BCUT2D eigenvalue weighted by molar-refractivity contribution is 0.0912. The molecular weight excluding hydrogens is 366 g/mol. The van der Waals surface area contributed by atoms with Gasteiger partial charge in [0.25, 0.3) is 0 Å². The van der Waals surface area contributed by atoms with Crippen LogP contribution in [-0.2, 0) is 0 Å². The minimum Gasteiger partial charge on any atom is -0.493 e. The Bertz CT molecular complexity index is 926. The lowest BCUT2D eigenvalue weighted by Crippen LogP contribution is -2.47. The van der Waals surface area contributed by atoms with E-state index in [1.807, 2.05) is 63.1 Å². The number of ether oxygens (including phenoxy) is 1. The molecule has 0 radical (unpaired) electrons. The van der Waals surface area contributed by atoms with Gasteiger partial charge in [-0.15, -0.1) is 0 Å². The van der Waals surface area contributed by atoms with Crippen molar-refractivity contribution in [1.29, 1.82) is 5.26 Å². The van der Waals surface area contributed by atoms with Gasteiger partial charge in [-0.2, -0.15) is 5.26 Å². The van der Waals surface area contributed by atoms with Gasteiger partial charge in [-0.25, -0.2) is 4.79 Å². The molecular formula is C23H27N3O3. The molecule has 1 heterocycles. The number of carboxylic acid groups (broad SMARTS) is 1. The van der Waals surface area contributed by atoms with Crippen molar-refractivity contribution in [1.82, 2.24) is 4.90 Å². The fourth-order valence-electron chi connectivity index (χ4n) is 3.62. The number of nitriles is 1. The van der Waals surface area contributed by atoms with Gasteiger partial charge in [0, 0.05) is 42.5 Å². The lowest BCUT2D eigenvalue weighted by Gasteiger charge is -2.37. The maximum Gasteiger partial charge on any atom is 0.407 e. The first-order valence-electron chi connectivity index (χ1n) is 9.72. The molecule has 0 saturated heterocycles. The fraction of sp³-hybridized carbons (Fsp3) is 0.391. The summed E-state index contributed by atoms with van der Waals surface area (Å²) >= 11 is 0. The van der Waals surface area contributed by atoms with Gasteiger partial charge >= 0.3 is 6.09 Å². The Balaban J connectivity index is 1.85. The highest BCUT2D eigenvalue weighted by Crippen LogP contribution is 2.38. The summed E-state index contributed by atoms with van der Waals surface area (Å²) in [5.74, 6) is 0.904. The second-order valence-electron chi connectivity index (χ2n) is 8.34. The summed E-state index contributed by atoms with van der Waals surface area (Å²) in [6.45, 7) is 6.75. The summed E-state index contributed by atoms with van der Waals surface area (Å²) in [7, 11) is 1.97. The van der Waals surface area contributed by atoms with Crippen molar-refractivity contribution in [2.75, 3.05) is 25.1 Å². The molecule has 1 N–H and O–H groups in total. The van der Waals surface area contributed by atoms with E-state index in [0.29, 0.717) is 18.7 Å². The van der Waals surface area contributed by atoms with Gasteiger partial charge in [0.2, 0.25) is 0 Å². The molecule has 1 aliphatic rings. The molecule has 0 unspecified atom stereocenters. The highest BCUT2D eigenvalue weighted by atomic mass is 16.5. The Hall–Kier alpha value is -3.20. The molecule has 2 aromatic carbocycles. The number of hydrogen-bond donors (Lipinski definition) is 1. The molecule has 0 aromatic heterocycles. The SMILES string of the molecule is CN(c1ccc(C#N)cc1)c1ccc2c(c1)OCC[C@H]2CN(C(=O)O)C(C)(C)C. The van der Waals surface area contributed by atoms with Gasteiger partial charge in [0.05, 0.1) is 18.2 Å². The third kappa shape index (κ3) is 4.45. The summed E-state index contributed by atoms with van der Waals surface area (Å²) < 4.78 is 5.91. The van der Waals surface area contributed by atoms with Crippen LogP contribution in [0.5, 0.6) is 5.75 Å². The quantitative estimate of drug-likeness (QED) is 0.793. The molecule has 6 nitrogen and oxygen atoms in total. The molecule has 0 spiro atoms. The fourth-order valence-corrected chi connectivity index (χ4v) is 3.62. The second kappa shape index (κ2) is 8.04. The maximum absolute atomic E-state index is 11.7. The van der Waals surface area contributed by atoms with Crippen LogP contribution in [0.2, 0.25) is 0 Å². The molecule has 0 bridgehead atoms. The molecule has 0 fully saturated rings. The van der Waals surface area contributed by atoms with Gasteiger partial charge in [-0.1, -0.05) is 6.07 Å². The van der Waals surface area contributed by atoms with E-state index < -0.39 is 11.6 Å². The molecule has 1 aliphatic heterocycles. The van der Waals surface area contributed by atoms with Crippen molar-refractivity contribution in [3.05, 3.63) is 53.6 Å². The van der Waals surface area contributed by atoms with Crippen molar-refractivity contribution in [2.45, 2.75) is 38.6 Å². The third-order valence-corrected chi connectivity index (χ3v) is 5.38. The number of anilines is 2. The summed E-state index contributed by atoms with van der Waals surface area (Å²) in [5.41, 5.74) is 3.16. The Kier molecular flexibility index (Phi) is 5.69. The smallest absolute Gasteiger partial charge is 0.407 e. The molecule has 29 heavy (non-hydrogen) atoms. The maximum atomic E-state index is 11.7. The van der Waals surface area contributed by atoms with Crippen molar-refractivity contribution in [3.63, 3.8) is 0 Å². The highest BCUT2D eigenvalue weighted by Gasteiger charge is 2.32. The number of nitrogens with zero attached hydrogens (tertiary/aromatic N) is 3. The average molecular weight is 393 g/mol. The third-order valence-electron chi connectivity index (χ3n) is 5.38. The van der Waals surface area contributed by atoms with Crippen LogP contribution in [0.15, 0.2) is 42.5 Å². The number of benzene rings is 2. The average Bonchev–Trinajstić information content (AvgIpc) is 2.70. The highest BCUT2D eigenvalue weighted by molar-refractivity contribution is 5.67. The van der Waals surface area contributed by atoms with E-state index in [-0.39, 0.29) is 5.92 Å². The molecule has 0 aliphatic carbocycles. The van der Waals surface area contributed by atoms with Crippen LogP contribution in [0.25, 0.3) is 0 Å². The van der Waals surface area contributed by atoms with Crippen LogP contribution >= 0.6 is 0 Å². The van der Waals surface area contributed by atoms with Gasteiger partial charge in [0.1, 0.15) is 5.75 Å². The lowest BCUT2D eigenvalue weighted by atomic mass is 9.91. The summed E-state index contributed by atoms with van der Waals surface area (Å²) in [5, 5.41) is 18.6. The Morgan fingerprint density at radius 2 is 1.86 bits per heavy atom. The molecule has 0 saturated carbocycles. The van der Waals surface area contributed by atoms with Gasteiger partial charge < -0.3 is 19.6 Å². The van der Waals surface area contributed by atoms with E-state index in [4.69, 9.17) is 10.00 Å². The molecule has 1 amide bonds. The molecule has 3 rings (SSSR count). The molecule has 2 aromatic rings. The monoisotopic (exact) mass is 393 g/mol. The Morgan fingerprint density at radius 3 is 2.45 bits per heavy atom. The van der Waals surface area contributed by atoms with Crippen molar-refractivity contribution in [3.8, 4) is 11.8 Å². The van der Waals surface area contributed by atoms with Crippen molar-refractivity contribution in [2.24, 2.45) is 0 Å². The van der Waals surface area contributed by atoms with Gasteiger partial charge in [-0.3, -0.25) is 0 Å². The predicted octanol–water partition coefficient (Wildman–Crippen LogP) is 4.97. The van der Waals surface area contributed by atoms with Crippen molar-refractivity contribution >= 4 is 17.5 Å². The Labute approximate surface area is 171 Å². The van der Waals surface area contributed by atoms with E-state index in [1.54, 1.807) is 12.1 Å². The normalized spacial score (nSPS) is 15.6. The first-order valence-corrected chi connectivity index (χ1v) is 9.72. The zero-order valence-corrected chi connectivity index (χ0v) is 17.3. The number of carbonyl (C=O) groups is 1. The summed E-state index contributed by atoms with van der Waals surface area (Å²) in [6.07, 6.45) is -0.111. The summed E-state index contributed by atoms with van der Waals surface area (Å²) in [6, 6.07) is 15.6. The molecule has 1 atom stereocenters. The Morgan fingerprint density at radius 1 is 1.21 bits per heavy atom. The van der Waals surface area contributed by atoms with Crippen LogP contribution in [-0.4, -0.2) is 41.8 Å². The zero-order chi connectivity index (χ0) is 21.2. The largest absolute Gasteiger partial charge is 0.493 e. The number of rotatable bonds is 4. The van der Waals surface area contributed by atoms with E-state index in [2.05, 4.69) is 6.07 Å². The number of fused-ring (bicyclic) bond motifs is 1. The minimum absolute atomic E-state index is 0.100. The van der Waals surface area contributed by atoms with Gasteiger partial charge in [0.15, 0.2) is 0 Å². The second-order valence-corrected chi connectivity index (χ2v) is 8.34. The molecule has 6 heteroatoms. The van der Waals surface area contributed by atoms with Crippen LogP contribution in [0.4, 0.5) is 16.2 Å². The van der Waals surface area contributed by atoms with Crippen molar-refractivity contribution < 1.29 is 14.6 Å². The minimum atomic E-state index is -0.900. The predicted molar refractivity (Wildman–Crippen MR) is 113 cm³/mol. The van der Waals surface area contributed by atoms with Gasteiger partial charge in [-0.05, 0) is 63.1 Å². The van der Waals surface area contributed by atoms with E-state index in [1.165, 1.54) is 4.90 Å². The topological polar surface area (TPSA) is 76.8 Å². The first-order chi connectivity index (χ1) is 13.7. The van der Waals surface area contributed by atoms with E-state index in [9.17, 15) is 9.90 Å². The van der Waals surface area contributed by atoms with Crippen LogP contribution in [0, 0.1) is 11.3 Å². The number of hydrogen-bond acceptors (Lipinski definition) is 4. The number of amides is 1. The summed E-state index contributed by atoms with van der Waals surface area (Å²) in [4.78, 5) is 15.3. The standard InChI is InChI=1S/C23H27N3O3/c1-23(2,3)26(22(27)28)15-17-11-12-29-21-13-19(9-10-20(17)21)25(4)18-7-5-16(14-24)6-8-18/h5-10,13,17H,11-12,15H2,1-4H3,(H,27,28)/t17-/m0/s1. The first kappa shape index (κ1) is 20.5. The van der Waals surface area contributed by atoms with E-state index in [0.717, 1.165) is 29.1 Å². The van der Waals surface area contributed by atoms with Crippen LogP contribution < -0.4 is 9.64 Å². The molecule has 152 valence electrons. The van der Waals surface area contributed by atoms with Crippen LogP contribution in [0.3, 0.4) is 0 Å². The van der Waals surface area contributed by atoms with Crippen LogP contribution in [0.1, 0.15) is 44.2 Å². The zero-order valence-electron chi connectivity index (χ0n) is 17.3. The van der Waals surface area contributed by atoms with E-state index >= 15 is 0 Å².